The Kier molecular flexibility index (Phi) is 6.23. The Balaban J connectivity index is 1.52. The minimum absolute atomic E-state index is 0.125. The zero-order valence-corrected chi connectivity index (χ0v) is 18.5. The smallest absolute Gasteiger partial charge is 0.253 e. The van der Waals surface area contributed by atoms with Crippen molar-refractivity contribution in [3.8, 4) is 11.4 Å². The number of H-pyrrole nitrogens is 1. The van der Waals surface area contributed by atoms with E-state index < -0.39 is 6.04 Å². The summed E-state index contributed by atoms with van der Waals surface area (Å²) in [5.41, 5.74) is 3.61. The molecule has 32 heavy (non-hydrogen) atoms. The van der Waals surface area contributed by atoms with Gasteiger partial charge in [0, 0.05) is 11.3 Å². The van der Waals surface area contributed by atoms with Crippen LogP contribution in [0.5, 0.6) is 0 Å². The molecule has 0 spiro atoms. The average Bonchev–Trinajstić information content (AvgIpc) is 3.22. The van der Waals surface area contributed by atoms with E-state index in [4.69, 9.17) is 11.6 Å². The molecular formula is C25H23ClN4O2. The van der Waals surface area contributed by atoms with Crippen molar-refractivity contribution in [1.29, 1.82) is 0 Å². The topological polar surface area (TPSA) is 86.9 Å². The van der Waals surface area contributed by atoms with E-state index in [1.165, 1.54) is 0 Å². The van der Waals surface area contributed by atoms with Gasteiger partial charge in [0.25, 0.3) is 5.91 Å². The van der Waals surface area contributed by atoms with Crippen molar-refractivity contribution in [1.82, 2.24) is 15.3 Å². The highest BCUT2D eigenvalue weighted by Gasteiger charge is 2.25. The van der Waals surface area contributed by atoms with E-state index in [-0.39, 0.29) is 17.7 Å². The molecule has 162 valence electrons. The minimum atomic E-state index is -0.728. The molecule has 0 aliphatic carbocycles. The van der Waals surface area contributed by atoms with Gasteiger partial charge in [-0.1, -0.05) is 61.8 Å². The molecule has 1 unspecified atom stereocenters. The van der Waals surface area contributed by atoms with Gasteiger partial charge in [0.15, 0.2) is 0 Å². The van der Waals surface area contributed by atoms with Crippen LogP contribution in [0, 0.1) is 5.92 Å². The fraction of sp³-hybridized carbons (Fsp3) is 0.160. The molecule has 1 aromatic heterocycles. The number of carbonyl (C=O) groups excluding carboxylic acids is 2. The number of anilines is 1. The molecule has 2 amide bonds. The van der Waals surface area contributed by atoms with Gasteiger partial charge in [-0.05, 0) is 42.3 Å². The quantitative estimate of drug-likeness (QED) is 0.376. The summed E-state index contributed by atoms with van der Waals surface area (Å²) in [7, 11) is 0. The minimum Gasteiger partial charge on any atom is -0.340 e. The fourth-order valence-electron chi connectivity index (χ4n) is 3.45. The lowest BCUT2D eigenvalue weighted by atomic mass is 10.0. The normalized spacial score (nSPS) is 12.0. The Hall–Kier alpha value is -3.64. The maximum absolute atomic E-state index is 13.0. The molecule has 0 bridgehead atoms. The summed E-state index contributed by atoms with van der Waals surface area (Å²) in [4.78, 5) is 33.6. The van der Waals surface area contributed by atoms with Crippen molar-refractivity contribution in [2.75, 3.05) is 5.32 Å². The maximum atomic E-state index is 13.0. The van der Waals surface area contributed by atoms with E-state index in [2.05, 4.69) is 20.6 Å². The van der Waals surface area contributed by atoms with E-state index in [0.29, 0.717) is 16.3 Å². The third-order valence-electron chi connectivity index (χ3n) is 5.15. The molecule has 3 aromatic carbocycles. The lowest BCUT2D eigenvalue weighted by Gasteiger charge is -2.22. The van der Waals surface area contributed by atoms with E-state index >= 15 is 0 Å². The molecule has 3 N–H and O–H groups in total. The molecule has 1 atom stereocenters. The van der Waals surface area contributed by atoms with Crippen LogP contribution in [-0.4, -0.2) is 27.8 Å². The standard InChI is InChI=1S/C25H23ClN4O2/c1-15(2)22(30-24(31)18-10-3-4-11-19(18)26)25(32)27-17-9-7-8-16(14-17)23-28-20-12-5-6-13-21(20)29-23/h3-15,22H,1-2H3,(H,27,32)(H,28,29)(H,30,31). The monoisotopic (exact) mass is 446 g/mol. The first-order chi connectivity index (χ1) is 15.4. The van der Waals surface area contributed by atoms with Gasteiger partial charge in [-0.3, -0.25) is 9.59 Å². The number of hydrogen-bond donors (Lipinski definition) is 3. The molecule has 1 heterocycles. The second-order valence-electron chi connectivity index (χ2n) is 7.85. The largest absolute Gasteiger partial charge is 0.340 e. The van der Waals surface area contributed by atoms with Crippen LogP contribution in [0.2, 0.25) is 5.02 Å². The lowest BCUT2D eigenvalue weighted by molar-refractivity contribution is -0.118. The Morgan fingerprint density at radius 3 is 2.47 bits per heavy atom. The summed E-state index contributed by atoms with van der Waals surface area (Å²) in [5, 5.41) is 6.05. The summed E-state index contributed by atoms with van der Waals surface area (Å²) < 4.78 is 0. The first kappa shape index (κ1) is 21.6. The van der Waals surface area contributed by atoms with Crippen LogP contribution in [-0.2, 0) is 4.79 Å². The summed E-state index contributed by atoms with van der Waals surface area (Å²) >= 11 is 6.13. The molecule has 4 rings (SSSR count). The number of aromatic nitrogens is 2. The van der Waals surface area contributed by atoms with Crippen molar-refractivity contribution in [2.24, 2.45) is 5.92 Å². The first-order valence-corrected chi connectivity index (χ1v) is 10.7. The van der Waals surface area contributed by atoms with Crippen molar-refractivity contribution >= 4 is 40.1 Å². The van der Waals surface area contributed by atoms with Crippen LogP contribution in [0.15, 0.2) is 72.8 Å². The number of aromatic amines is 1. The molecule has 0 saturated carbocycles. The Bertz CT molecular complexity index is 1250. The molecule has 0 aliphatic heterocycles. The van der Waals surface area contributed by atoms with Gasteiger partial charge in [-0.25, -0.2) is 4.98 Å². The van der Waals surface area contributed by atoms with Crippen LogP contribution >= 0.6 is 11.6 Å². The average molecular weight is 447 g/mol. The second kappa shape index (κ2) is 9.24. The second-order valence-corrected chi connectivity index (χ2v) is 8.25. The SMILES string of the molecule is CC(C)C(NC(=O)c1ccccc1Cl)C(=O)Nc1cccc(-c2nc3ccccc3[nH]2)c1. The highest BCUT2D eigenvalue weighted by molar-refractivity contribution is 6.33. The molecular weight excluding hydrogens is 424 g/mol. The first-order valence-electron chi connectivity index (χ1n) is 10.3. The van der Waals surface area contributed by atoms with Crippen LogP contribution in [0.25, 0.3) is 22.4 Å². The van der Waals surface area contributed by atoms with Crippen molar-refractivity contribution in [2.45, 2.75) is 19.9 Å². The molecule has 0 fully saturated rings. The molecule has 0 saturated heterocycles. The molecule has 0 radical (unpaired) electrons. The van der Waals surface area contributed by atoms with E-state index in [0.717, 1.165) is 22.4 Å². The predicted octanol–water partition coefficient (Wildman–Crippen LogP) is 5.28. The third-order valence-corrected chi connectivity index (χ3v) is 5.48. The van der Waals surface area contributed by atoms with E-state index in [1.54, 1.807) is 30.3 Å². The van der Waals surface area contributed by atoms with Crippen LogP contribution < -0.4 is 10.6 Å². The van der Waals surface area contributed by atoms with Gasteiger partial charge >= 0.3 is 0 Å². The van der Waals surface area contributed by atoms with Gasteiger partial charge < -0.3 is 15.6 Å². The van der Waals surface area contributed by atoms with E-state index in [9.17, 15) is 9.59 Å². The highest BCUT2D eigenvalue weighted by Crippen LogP contribution is 2.23. The number of benzene rings is 3. The number of nitrogens with one attached hydrogen (secondary N) is 3. The highest BCUT2D eigenvalue weighted by atomic mass is 35.5. The zero-order chi connectivity index (χ0) is 22.7. The van der Waals surface area contributed by atoms with Crippen LogP contribution in [0.3, 0.4) is 0 Å². The number of nitrogens with zero attached hydrogens (tertiary/aromatic N) is 1. The van der Waals surface area contributed by atoms with Gasteiger partial charge in [0.05, 0.1) is 21.6 Å². The fourth-order valence-corrected chi connectivity index (χ4v) is 3.67. The predicted molar refractivity (Wildman–Crippen MR) is 128 cm³/mol. The number of rotatable bonds is 6. The summed E-state index contributed by atoms with van der Waals surface area (Å²) in [6.07, 6.45) is 0. The molecule has 0 aliphatic rings. The third kappa shape index (κ3) is 4.65. The van der Waals surface area contributed by atoms with Gasteiger partial charge in [0.2, 0.25) is 5.91 Å². The van der Waals surface area contributed by atoms with Crippen LogP contribution in [0.4, 0.5) is 5.69 Å². The number of halogens is 1. The zero-order valence-electron chi connectivity index (χ0n) is 17.7. The molecule has 6 nitrogen and oxygen atoms in total. The van der Waals surface area contributed by atoms with Crippen molar-refractivity contribution < 1.29 is 9.59 Å². The molecule has 7 heteroatoms. The maximum Gasteiger partial charge on any atom is 0.253 e. The number of para-hydroxylation sites is 2. The van der Waals surface area contributed by atoms with Crippen molar-refractivity contribution in [3.63, 3.8) is 0 Å². The summed E-state index contributed by atoms with van der Waals surface area (Å²) in [5.74, 6) is -0.0997. The number of imidazole rings is 1. The van der Waals surface area contributed by atoms with E-state index in [1.807, 2.05) is 56.3 Å². The Morgan fingerprint density at radius 1 is 0.969 bits per heavy atom. The number of amides is 2. The molecule has 4 aromatic rings. The van der Waals surface area contributed by atoms with Crippen molar-refractivity contribution in [3.05, 3.63) is 83.4 Å². The number of hydrogen-bond acceptors (Lipinski definition) is 3. The number of fused-ring (bicyclic) bond motifs is 1. The summed E-state index contributed by atoms with van der Waals surface area (Å²) in [6, 6.07) is 21.2. The Morgan fingerprint density at radius 2 is 1.72 bits per heavy atom. The number of carbonyl (C=O) groups is 2. The van der Waals surface area contributed by atoms with Gasteiger partial charge in [-0.15, -0.1) is 0 Å². The van der Waals surface area contributed by atoms with Gasteiger partial charge in [0.1, 0.15) is 11.9 Å². The van der Waals surface area contributed by atoms with Gasteiger partial charge in [-0.2, -0.15) is 0 Å². The summed E-state index contributed by atoms with van der Waals surface area (Å²) in [6.45, 7) is 3.75. The lowest BCUT2D eigenvalue weighted by Crippen LogP contribution is -2.47. The van der Waals surface area contributed by atoms with Crippen LogP contribution in [0.1, 0.15) is 24.2 Å². The Labute approximate surface area is 191 Å².